The molecule has 0 rings (SSSR count). The molecule has 0 aliphatic rings. The van der Waals surface area contributed by atoms with Crippen LogP contribution >= 0.6 is 7.82 Å². The molecule has 0 aliphatic heterocycles. The van der Waals surface area contributed by atoms with Crippen LogP contribution in [0.15, 0.2) is 109 Å². The molecule has 3 atom stereocenters. The van der Waals surface area contributed by atoms with E-state index in [0.29, 0.717) is 30.3 Å². The number of ether oxygens (including phenoxy) is 2. The summed E-state index contributed by atoms with van der Waals surface area (Å²) in [5, 5.41) is 10.3. The molecule has 346 valence electrons. The molecule has 0 aromatic carbocycles. The van der Waals surface area contributed by atoms with Crippen LogP contribution in [-0.4, -0.2) is 86.1 Å². The summed E-state index contributed by atoms with van der Waals surface area (Å²) in [4.78, 5) is 35.4. The molecule has 0 saturated carbocycles. The van der Waals surface area contributed by atoms with Crippen molar-refractivity contribution >= 4 is 19.8 Å². The zero-order chi connectivity index (χ0) is 45.1. The van der Waals surface area contributed by atoms with Crippen molar-refractivity contribution in [1.82, 2.24) is 0 Å². The zero-order valence-corrected chi connectivity index (χ0v) is 39.4. The van der Waals surface area contributed by atoms with Gasteiger partial charge in [0.25, 0.3) is 0 Å². The minimum atomic E-state index is -4.45. The summed E-state index contributed by atoms with van der Waals surface area (Å²) in [6.07, 6.45) is 51.9. The molecule has 0 aliphatic carbocycles. The van der Waals surface area contributed by atoms with E-state index in [1.165, 1.54) is 38.5 Å². The maximum absolute atomic E-state index is 12.7. The molecular formula is C50H83NO9P+. The lowest BCUT2D eigenvalue weighted by Crippen LogP contribution is -2.37. The third-order valence-corrected chi connectivity index (χ3v) is 9.89. The third-order valence-electron chi connectivity index (χ3n) is 8.90. The van der Waals surface area contributed by atoms with Crippen molar-refractivity contribution in [3.05, 3.63) is 109 Å². The Labute approximate surface area is 370 Å². The molecule has 0 spiro atoms. The number of hydrogen-bond donors (Lipinski definition) is 2. The zero-order valence-electron chi connectivity index (χ0n) is 38.5. The summed E-state index contributed by atoms with van der Waals surface area (Å²) in [5.74, 6) is -1.11. The van der Waals surface area contributed by atoms with Gasteiger partial charge >= 0.3 is 19.8 Å². The van der Waals surface area contributed by atoms with Crippen LogP contribution in [0.2, 0.25) is 0 Å². The van der Waals surface area contributed by atoms with Crippen molar-refractivity contribution in [3.63, 3.8) is 0 Å². The predicted molar refractivity (Wildman–Crippen MR) is 253 cm³/mol. The van der Waals surface area contributed by atoms with E-state index in [1.807, 2.05) is 45.4 Å². The number of quaternary nitrogens is 1. The van der Waals surface area contributed by atoms with E-state index in [0.717, 1.165) is 51.4 Å². The molecule has 0 aromatic heterocycles. The number of phosphoric acid groups is 1. The summed E-state index contributed by atoms with van der Waals surface area (Å²) in [6.45, 7) is 3.96. The largest absolute Gasteiger partial charge is 0.472 e. The van der Waals surface area contributed by atoms with Gasteiger partial charge in [-0.15, -0.1) is 0 Å². The summed E-state index contributed by atoms with van der Waals surface area (Å²) >= 11 is 0. The Kier molecular flexibility index (Phi) is 38.4. The summed E-state index contributed by atoms with van der Waals surface area (Å²) in [6, 6.07) is 0. The number of aliphatic hydroxyl groups excluding tert-OH is 1. The highest BCUT2D eigenvalue weighted by Crippen LogP contribution is 2.43. The monoisotopic (exact) mass is 873 g/mol. The minimum Gasteiger partial charge on any atom is -0.462 e. The van der Waals surface area contributed by atoms with Gasteiger partial charge in [-0.3, -0.25) is 18.6 Å². The first-order valence-corrected chi connectivity index (χ1v) is 24.2. The molecule has 2 unspecified atom stereocenters. The maximum Gasteiger partial charge on any atom is 0.472 e. The molecule has 10 nitrogen and oxygen atoms in total. The Morgan fingerprint density at radius 1 is 0.607 bits per heavy atom. The van der Waals surface area contributed by atoms with Gasteiger partial charge in [0.2, 0.25) is 0 Å². The van der Waals surface area contributed by atoms with E-state index in [-0.39, 0.29) is 26.1 Å². The standard InChI is InChI=1S/C50H82NO9P/c1-6-8-10-12-14-16-18-20-21-22-23-24-25-27-29-31-33-35-37-41-50(54)60-48(46-59-61(55,56)58-44-43-51(3,4)5)45-57-49(53)42-38-40-47(52)39-36-34-32-30-28-26-19-17-15-13-11-9-7-2/h8,10,14,16,20-21,23-24,26-29,32-36,39,47-48,52H,6-7,9,11-13,15,17-19,22,25,30-31,37-38,40-46H2,1-5H3/p+1/b10-8-,16-14-,21-20-,24-23-,28-26+,29-27-,34-32+,35-33-,39-36+/t47?,48-/m1/s1. The van der Waals surface area contributed by atoms with E-state index >= 15 is 0 Å². The van der Waals surface area contributed by atoms with Crippen molar-refractivity contribution in [3.8, 4) is 0 Å². The van der Waals surface area contributed by atoms with Crippen LogP contribution in [0.25, 0.3) is 0 Å². The van der Waals surface area contributed by atoms with Crippen LogP contribution in [0, 0.1) is 0 Å². The van der Waals surface area contributed by atoms with Gasteiger partial charge in [-0.05, 0) is 77.0 Å². The van der Waals surface area contributed by atoms with Crippen LogP contribution in [0.3, 0.4) is 0 Å². The van der Waals surface area contributed by atoms with Gasteiger partial charge in [-0.1, -0.05) is 155 Å². The number of carbonyl (C=O) groups excluding carboxylic acids is 2. The van der Waals surface area contributed by atoms with E-state index in [9.17, 15) is 24.2 Å². The second kappa shape index (κ2) is 40.7. The molecule has 61 heavy (non-hydrogen) atoms. The number of esters is 2. The highest BCUT2D eigenvalue weighted by atomic mass is 31.2. The van der Waals surface area contributed by atoms with Crippen molar-refractivity contribution in [2.45, 2.75) is 148 Å². The van der Waals surface area contributed by atoms with Crippen molar-refractivity contribution < 1.29 is 47.2 Å². The summed E-state index contributed by atoms with van der Waals surface area (Å²) in [5.41, 5.74) is 0. The van der Waals surface area contributed by atoms with Gasteiger partial charge in [0, 0.05) is 12.8 Å². The first kappa shape index (κ1) is 57.6. The molecule has 0 radical (unpaired) electrons. The Morgan fingerprint density at radius 2 is 1.15 bits per heavy atom. The normalized spacial score (nSPS) is 15.1. The van der Waals surface area contributed by atoms with Gasteiger partial charge in [-0.25, -0.2) is 4.57 Å². The molecular weight excluding hydrogens is 790 g/mol. The maximum atomic E-state index is 12.7. The van der Waals surface area contributed by atoms with Crippen LogP contribution in [-0.2, 0) is 32.7 Å². The predicted octanol–water partition coefficient (Wildman–Crippen LogP) is 12.1. The number of allylic oxidation sites excluding steroid dienone is 17. The first-order valence-electron chi connectivity index (χ1n) is 22.7. The molecule has 11 heteroatoms. The third kappa shape index (κ3) is 44.5. The van der Waals surface area contributed by atoms with Crippen LogP contribution in [0.5, 0.6) is 0 Å². The highest BCUT2D eigenvalue weighted by Gasteiger charge is 2.27. The van der Waals surface area contributed by atoms with Crippen molar-refractivity contribution in [2.24, 2.45) is 0 Å². The lowest BCUT2D eigenvalue weighted by atomic mass is 10.1. The van der Waals surface area contributed by atoms with Gasteiger partial charge < -0.3 is 24.0 Å². The first-order chi connectivity index (χ1) is 29.4. The SMILES string of the molecule is CC/C=C\C/C=C\C/C=C\C/C=C\C/C=C\C/C=C\CCC(=O)O[C@H](COC(=O)CCCC(O)/C=C/C=C/C/C=C/CCCCCCCC)COP(=O)(O)OCC[N+](C)(C)C. The van der Waals surface area contributed by atoms with E-state index < -0.39 is 38.6 Å². The number of carbonyl (C=O) groups is 2. The number of phosphoric ester groups is 1. The molecule has 0 saturated heterocycles. The van der Waals surface area contributed by atoms with Gasteiger partial charge in [0.05, 0.1) is 33.9 Å². The fourth-order valence-electron chi connectivity index (χ4n) is 5.34. The number of nitrogens with zero attached hydrogens (tertiary/aromatic N) is 1. The fraction of sp³-hybridized carbons (Fsp3) is 0.600. The second-order valence-electron chi connectivity index (χ2n) is 15.9. The van der Waals surface area contributed by atoms with Crippen LogP contribution in [0.1, 0.15) is 136 Å². The fourth-order valence-corrected chi connectivity index (χ4v) is 6.08. The Hall–Kier alpha value is -3.37. The molecule has 0 aromatic rings. The second-order valence-corrected chi connectivity index (χ2v) is 17.3. The lowest BCUT2D eigenvalue weighted by Gasteiger charge is -2.24. The molecule has 0 fully saturated rings. The summed E-state index contributed by atoms with van der Waals surface area (Å²) in [7, 11) is 1.31. The van der Waals surface area contributed by atoms with Crippen LogP contribution in [0.4, 0.5) is 0 Å². The molecule has 0 heterocycles. The van der Waals surface area contributed by atoms with Crippen LogP contribution < -0.4 is 0 Å². The Balaban J connectivity index is 4.67. The number of likely N-dealkylation sites (N-methyl/N-ethyl adjacent to an activating group) is 1. The van der Waals surface area contributed by atoms with E-state index in [2.05, 4.69) is 86.8 Å². The van der Waals surface area contributed by atoms with Crippen molar-refractivity contribution in [2.75, 3.05) is 47.5 Å². The van der Waals surface area contributed by atoms with Crippen molar-refractivity contribution in [1.29, 1.82) is 0 Å². The number of hydrogen-bond acceptors (Lipinski definition) is 8. The Bertz CT molecular complexity index is 1420. The van der Waals surface area contributed by atoms with Gasteiger partial charge in [0.15, 0.2) is 6.10 Å². The van der Waals surface area contributed by atoms with Gasteiger partial charge in [0.1, 0.15) is 19.8 Å². The molecule has 0 amide bonds. The Morgan fingerprint density at radius 3 is 1.74 bits per heavy atom. The number of rotatable bonds is 39. The number of aliphatic hydroxyl groups is 1. The van der Waals surface area contributed by atoms with E-state index in [1.54, 1.807) is 12.2 Å². The summed E-state index contributed by atoms with van der Waals surface area (Å²) < 4.78 is 34.1. The quantitative estimate of drug-likeness (QED) is 0.0155. The van der Waals surface area contributed by atoms with E-state index in [4.69, 9.17) is 18.5 Å². The minimum absolute atomic E-state index is 0.0172. The topological polar surface area (TPSA) is 129 Å². The lowest BCUT2D eigenvalue weighted by molar-refractivity contribution is -0.870. The average molecular weight is 873 g/mol. The average Bonchev–Trinajstić information content (AvgIpc) is 3.21. The molecule has 0 bridgehead atoms. The smallest absolute Gasteiger partial charge is 0.462 e. The highest BCUT2D eigenvalue weighted by molar-refractivity contribution is 7.47. The number of unbranched alkanes of at least 4 members (excludes halogenated alkanes) is 6. The molecule has 2 N–H and O–H groups in total. The van der Waals surface area contributed by atoms with Gasteiger partial charge in [-0.2, -0.15) is 0 Å².